The fraction of sp³-hybridized carbons (Fsp3) is 0.462. The van der Waals surface area contributed by atoms with E-state index in [2.05, 4.69) is 5.32 Å². The van der Waals surface area contributed by atoms with E-state index >= 15 is 0 Å². The average molecular weight is 321 g/mol. The second kappa shape index (κ2) is 7.35. The number of sulfone groups is 1. The minimum Gasteiger partial charge on any atom is -0.481 e. The number of halogens is 2. The first-order chi connectivity index (χ1) is 9.78. The number of carboxylic acid groups (broad SMARTS) is 1. The molecular formula is C13H17F2NO4S. The van der Waals surface area contributed by atoms with E-state index in [-0.39, 0.29) is 6.54 Å². The number of hydrogen-bond donors (Lipinski definition) is 2. The molecule has 0 radical (unpaired) electrons. The molecule has 118 valence electrons. The highest BCUT2D eigenvalue weighted by Gasteiger charge is 2.26. The Bertz CT molecular complexity index is 572. The molecule has 0 saturated heterocycles. The molecule has 1 atom stereocenters. The molecule has 0 aliphatic heterocycles. The lowest BCUT2D eigenvalue weighted by atomic mass is 10.0. The zero-order valence-corrected chi connectivity index (χ0v) is 12.2. The first-order valence-electron chi connectivity index (χ1n) is 6.37. The van der Waals surface area contributed by atoms with Gasteiger partial charge in [-0.25, -0.2) is 8.42 Å². The lowest BCUT2D eigenvalue weighted by molar-refractivity contribution is -0.141. The maximum atomic E-state index is 12.4. The van der Waals surface area contributed by atoms with Crippen molar-refractivity contribution in [3.05, 3.63) is 24.3 Å². The van der Waals surface area contributed by atoms with Gasteiger partial charge in [-0.3, -0.25) is 4.79 Å². The molecule has 1 aromatic carbocycles. The largest absolute Gasteiger partial charge is 0.481 e. The van der Waals surface area contributed by atoms with Gasteiger partial charge in [0.2, 0.25) is 9.84 Å². The summed E-state index contributed by atoms with van der Waals surface area (Å²) in [6.07, 6.45) is 1.24. The number of benzene rings is 1. The van der Waals surface area contributed by atoms with Crippen molar-refractivity contribution in [2.75, 3.05) is 11.9 Å². The van der Waals surface area contributed by atoms with Crippen LogP contribution in [0.2, 0.25) is 0 Å². The summed E-state index contributed by atoms with van der Waals surface area (Å²) in [5.74, 6) is -4.93. The van der Waals surface area contributed by atoms with E-state index in [0.29, 0.717) is 12.1 Å². The van der Waals surface area contributed by atoms with Crippen molar-refractivity contribution in [3.63, 3.8) is 0 Å². The number of anilines is 1. The summed E-state index contributed by atoms with van der Waals surface area (Å²) in [6, 6.07) is 4.80. The minimum atomic E-state index is -4.60. The summed E-state index contributed by atoms with van der Waals surface area (Å²) in [4.78, 5) is 10.5. The maximum absolute atomic E-state index is 12.4. The Morgan fingerprint density at radius 1 is 1.29 bits per heavy atom. The van der Waals surface area contributed by atoms with E-state index in [1.165, 1.54) is 12.1 Å². The van der Waals surface area contributed by atoms with Gasteiger partial charge in [0, 0.05) is 12.2 Å². The molecule has 0 aliphatic carbocycles. The van der Waals surface area contributed by atoms with Gasteiger partial charge in [0.25, 0.3) is 0 Å². The average Bonchev–Trinajstić information content (AvgIpc) is 2.43. The molecule has 0 saturated carbocycles. The van der Waals surface area contributed by atoms with Crippen LogP contribution in [0.25, 0.3) is 0 Å². The highest BCUT2D eigenvalue weighted by molar-refractivity contribution is 7.91. The number of alkyl halides is 2. The molecule has 0 aliphatic rings. The Morgan fingerprint density at radius 2 is 1.86 bits per heavy atom. The van der Waals surface area contributed by atoms with Crippen molar-refractivity contribution in [2.24, 2.45) is 5.92 Å². The number of carbonyl (C=O) groups is 1. The van der Waals surface area contributed by atoms with Crippen molar-refractivity contribution in [3.8, 4) is 0 Å². The van der Waals surface area contributed by atoms with Crippen molar-refractivity contribution in [2.45, 2.75) is 30.4 Å². The Labute approximate surface area is 121 Å². The highest BCUT2D eigenvalue weighted by atomic mass is 32.2. The maximum Gasteiger partial charge on any atom is 0.341 e. The van der Waals surface area contributed by atoms with E-state index in [4.69, 9.17) is 5.11 Å². The zero-order chi connectivity index (χ0) is 16.0. The van der Waals surface area contributed by atoms with E-state index in [1.54, 1.807) is 0 Å². The number of hydrogen-bond acceptors (Lipinski definition) is 4. The monoisotopic (exact) mass is 321 g/mol. The van der Waals surface area contributed by atoms with Crippen LogP contribution in [-0.2, 0) is 14.6 Å². The Morgan fingerprint density at radius 3 is 2.29 bits per heavy atom. The van der Waals surface area contributed by atoms with Gasteiger partial charge in [0.05, 0.1) is 10.8 Å². The Balaban J connectivity index is 2.73. The minimum absolute atomic E-state index is 0.185. The molecular weight excluding hydrogens is 304 g/mol. The molecule has 0 spiro atoms. The standard InChI is InChI=1S/C13H17F2NO4S/c1-2-3-9(12(17)18)8-16-10-4-6-11(7-5-10)21(19,20)13(14)15/h4-7,9,13,16H,2-3,8H2,1H3,(H,17,18). The van der Waals surface area contributed by atoms with Gasteiger partial charge in [0.15, 0.2) is 0 Å². The number of rotatable bonds is 8. The third kappa shape index (κ3) is 4.66. The fourth-order valence-corrected chi connectivity index (χ4v) is 2.49. The summed E-state index contributed by atoms with van der Waals surface area (Å²) in [7, 11) is -4.60. The van der Waals surface area contributed by atoms with Crippen LogP contribution in [0.5, 0.6) is 0 Å². The summed E-state index contributed by atoms with van der Waals surface area (Å²) < 4.78 is 47.2. The van der Waals surface area contributed by atoms with Crippen LogP contribution in [0.4, 0.5) is 14.5 Å². The van der Waals surface area contributed by atoms with Crippen LogP contribution in [0.3, 0.4) is 0 Å². The first kappa shape index (κ1) is 17.4. The third-order valence-electron chi connectivity index (χ3n) is 2.96. The first-order valence-corrected chi connectivity index (χ1v) is 7.92. The molecule has 8 heteroatoms. The van der Waals surface area contributed by atoms with Gasteiger partial charge in [-0.15, -0.1) is 0 Å². The molecule has 0 aromatic heterocycles. The zero-order valence-electron chi connectivity index (χ0n) is 11.4. The van der Waals surface area contributed by atoms with Crippen LogP contribution in [-0.4, -0.2) is 31.8 Å². The quantitative estimate of drug-likeness (QED) is 0.769. The topological polar surface area (TPSA) is 83.5 Å². The summed E-state index contributed by atoms with van der Waals surface area (Å²) >= 11 is 0. The van der Waals surface area contributed by atoms with Crippen LogP contribution in [0.1, 0.15) is 19.8 Å². The predicted octanol–water partition coefficient (Wildman–Crippen LogP) is 2.60. The Kier molecular flexibility index (Phi) is 6.07. The van der Waals surface area contributed by atoms with Crippen LogP contribution < -0.4 is 5.32 Å². The summed E-state index contributed by atoms with van der Waals surface area (Å²) in [6.45, 7) is 2.06. The SMILES string of the molecule is CCCC(CNc1ccc(S(=O)(=O)C(F)F)cc1)C(=O)O. The van der Waals surface area contributed by atoms with Gasteiger partial charge in [-0.1, -0.05) is 13.3 Å². The smallest absolute Gasteiger partial charge is 0.341 e. The van der Waals surface area contributed by atoms with Crippen molar-refractivity contribution in [1.29, 1.82) is 0 Å². The van der Waals surface area contributed by atoms with Crippen molar-refractivity contribution >= 4 is 21.5 Å². The van der Waals surface area contributed by atoms with E-state index in [0.717, 1.165) is 18.6 Å². The second-order valence-electron chi connectivity index (χ2n) is 4.53. The molecule has 1 aromatic rings. The molecule has 0 heterocycles. The van der Waals surface area contributed by atoms with Crippen LogP contribution >= 0.6 is 0 Å². The van der Waals surface area contributed by atoms with Crippen LogP contribution in [0.15, 0.2) is 29.2 Å². The van der Waals surface area contributed by atoms with Gasteiger partial charge in [-0.05, 0) is 30.7 Å². The van der Waals surface area contributed by atoms with E-state index < -0.39 is 32.4 Å². The van der Waals surface area contributed by atoms with Gasteiger partial charge in [-0.2, -0.15) is 8.78 Å². The molecule has 5 nitrogen and oxygen atoms in total. The summed E-state index contributed by atoms with van der Waals surface area (Å²) in [5, 5.41) is 11.8. The number of carboxylic acids is 1. The van der Waals surface area contributed by atoms with E-state index in [1.807, 2.05) is 6.92 Å². The molecule has 1 unspecified atom stereocenters. The van der Waals surface area contributed by atoms with Gasteiger partial charge in [0.1, 0.15) is 0 Å². The Hall–Kier alpha value is -1.70. The third-order valence-corrected chi connectivity index (χ3v) is 4.35. The molecule has 0 amide bonds. The number of nitrogens with one attached hydrogen (secondary N) is 1. The van der Waals surface area contributed by atoms with Crippen molar-refractivity contribution in [1.82, 2.24) is 0 Å². The predicted molar refractivity (Wildman–Crippen MR) is 74.2 cm³/mol. The van der Waals surface area contributed by atoms with Crippen molar-refractivity contribution < 1.29 is 27.1 Å². The fourth-order valence-electron chi connectivity index (χ4n) is 1.77. The van der Waals surface area contributed by atoms with E-state index in [9.17, 15) is 22.0 Å². The lowest BCUT2D eigenvalue weighted by Crippen LogP contribution is -2.22. The molecule has 2 N–H and O–H groups in total. The molecule has 1 rings (SSSR count). The second-order valence-corrected chi connectivity index (χ2v) is 6.45. The lowest BCUT2D eigenvalue weighted by Gasteiger charge is -2.13. The van der Waals surface area contributed by atoms with Gasteiger partial charge < -0.3 is 10.4 Å². The normalized spacial score (nSPS) is 13.1. The number of aliphatic carboxylic acids is 1. The van der Waals surface area contributed by atoms with Gasteiger partial charge >= 0.3 is 11.7 Å². The molecule has 0 bridgehead atoms. The molecule has 21 heavy (non-hydrogen) atoms. The van der Waals surface area contributed by atoms with Crippen LogP contribution in [0, 0.1) is 5.92 Å². The summed E-state index contributed by atoms with van der Waals surface area (Å²) in [5.41, 5.74) is 0.477. The molecule has 0 fully saturated rings. The highest BCUT2D eigenvalue weighted by Crippen LogP contribution is 2.20.